The number of fused-ring (bicyclic) bond motifs is 1. The van der Waals surface area contributed by atoms with Crippen LogP contribution in [-0.4, -0.2) is 4.98 Å². The molecule has 0 radical (unpaired) electrons. The third-order valence-corrected chi connectivity index (χ3v) is 3.82. The third kappa shape index (κ3) is 2.74. The summed E-state index contributed by atoms with van der Waals surface area (Å²) in [4.78, 5) is 4.43. The quantitative estimate of drug-likeness (QED) is 0.732. The van der Waals surface area contributed by atoms with E-state index in [2.05, 4.69) is 29.2 Å². The fourth-order valence-corrected chi connectivity index (χ4v) is 2.74. The molecular formula is C15H14N2OS. The molecule has 0 fully saturated rings. The molecule has 3 nitrogen and oxygen atoms in total. The normalized spacial score (nSPS) is 10.9. The maximum absolute atomic E-state index is 5.86. The Hall–Kier alpha value is -1.94. The molecular weight excluding hydrogens is 256 g/mol. The van der Waals surface area contributed by atoms with Gasteiger partial charge < -0.3 is 10.2 Å². The van der Waals surface area contributed by atoms with Gasteiger partial charge in [0.15, 0.2) is 5.58 Å². The van der Waals surface area contributed by atoms with E-state index in [1.807, 2.05) is 24.3 Å². The Balaban J connectivity index is 1.67. The van der Waals surface area contributed by atoms with Crippen molar-refractivity contribution in [3.8, 4) is 0 Å². The summed E-state index contributed by atoms with van der Waals surface area (Å²) in [7, 11) is 0. The van der Waals surface area contributed by atoms with E-state index >= 15 is 0 Å². The second kappa shape index (κ2) is 5.36. The Morgan fingerprint density at radius 1 is 1.00 bits per heavy atom. The molecule has 1 heterocycles. The Kier molecular flexibility index (Phi) is 3.42. The number of nitrogens with zero attached hydrogens (tertiary/aromatic N) is 1. The number of anilines is 1. The maximum atomic E-state index is 5.86. The van der Waals surface area contributed by atoms with Crippen LogP contribution in [0.25, 0.3) is 11.1 Å². The van der Waals surface area contributed by atoms with E-state index in [9.17, 15) is 0 Å². The standard InChI is InChI=1S/C15H14N2OS/c16-12-7-4-8-13-15(12)17-14(18-13)10-19-9-11-5-2-1-3-6-11/h1-8H,9-10,16H2. The number of nitrogen functional groups attached to an aromatic ring is 1. The largest absolute Gasteiger partial charge is 0.440 e. The molecule has 3 rings (SSSR count). The van der Waals surface area contributed by atoms with Crippen LogP contribution in [0.2, 0.25) is 0 Å². The van der Waals surface area contributed by atoms with E-state index in [-0.39, 0.29) is 0 Å². The second-order valence-electron chi connectivity index (χ2n) is 4.28. The van der Waals surface area contributed by atoms with Crippen LogP contribution in [0.1, 0.15) is 11.5 Å². The van der Waals surface area contributed by atoms with E-state index in [1.54, 1.807) is 11.8 Å². The van der Waals surface area contributed by atoms with Crippen molar-refractivity contribution >= 4 is 28.5 Å². The lowest BCUT2D eigenvalue weighted by atomic mass is 10.2. The van der Waals surface area contributed by atoms with E-state index in [1.165, 1.54) is 5.56 Å². The molecule has 0 spiro atoms. The average molecular weight is 270 g/mol. The van der Waals surface area contributed by atoms with Crippen molar-refractivity contribution in [1.82, 2.24) is 4.98 Å². The van der Waals surface area contributed by atoms with Crippen LogP contribution in [0.4, 0.5) is 5.69 Å². The van der Waals surface area contributed by atoms with Crippen LogP contribution in [0.15, 0.2) is 52.9 Å². The van der Waals surface area contributed by atoms with Gasteiger partial charge in [0.1, 0.15) is 5.52 Å². The molecule has 4 heteroatoms. The van der Waals surface area contributed by atoms with Gasteiger partial charge in [-0.15, -0.1) is 11.8 Å². The summed E-state index contributed by atoms with van der Waals surface area (Å²) >= 11 is 1.78. The second-order valence-corrected chi connectivity index (χ2v) is 5.27. The molecule has 0 atom stereocenters. The van der Waals surface area contributed by atoms with Crippen molar-refractivity contribution in [2.45, 2.75) is 11.5 Å². The highest BCUT2D eigenvalue weighted by atomic mass is 32.2. The number of hydrogen-bond donors (Lipinski definition) is 1. The Morgan fingerprint density at radius 2 is 1.84 bits per heavy atom. The third-order valence-electron chi connectivity index (χ3n) is 2.83. The summed E-state index contributed by atoms with van der Waals surface area (Å²) in [5.41, 5.74) is 9.36. The van der Waals surface area contributed by atoms with Crippen molar-refractivity contribution in [3.05, 3.63) is 60.0 Å². The Labute approximate surface area is 115 Å². The molecule has 0 aliphatic carbocycles. The first-order chi connectivity index (χ1) is 9.33. The number of hydrogen-bond acceptors (Lipinski definition) is 4. The summed E-state index contributed by atoms with van der Waals surface area (Å²) in [5.74, 6) is 2.44. The minimum absolute atomic E-state index is 0.667. The van der Waals surface area contributed by atoms with Crippen LogP contribution >= 0.6 is 11.8 Å². The summed E-state index contributed by atoms with van der Waals surface area (Å²) in [6, 6.07) is 16.0. The van der Waals surface area contributed by atoms with Crippen LogP contribution in [-0.2, 0) is 11.5 Å². The number of benzene rings is 2. The molecule has 0 amide bonds. The zero-order valence-corrected chi connectivity index (χ0v) is 11.2. The molecule has 2 N–H and O–H groups in total. The number of para-hydroxylation sites is 1. The first-order valence-corrected chi connectivity index (χ1v) is 7.24. The van der Waals surface area contributed by atoms with Gasteiger partial charge in [-0.2, -0.15) is 0 Å². The van der Waals surface area contributed by atoms with Gasteiger partial charge in [-0.05, 0) is 17.7 Å². The lowest BCUT2D eigenvalue weighted by Crippen LogP contribution is -1.86. The molecule has 2 aromatic carbocycles. The lowest BCUT2D eigenvalue weighted by Gasteiger charge is -1.98. The van der Waals surface area contributed by atoms with Gasteiger partial charge in [-0.3, -0.25) is 0 Å². The van der Waals surface area contributed by atoms with Gasteiger partial charge in [-0.25, -0.2) is 4.98 Å². The van der Waals surface area contributed by atoms with Gasteiger partial charge >= 0.3 is 0 Å². The molecule has 0 saturated carbocycles. The van der Waals surface area contributed by atoms with Crippen LogP contribution in [0.3, 0.4) is 0 Å². The predicted octanol–water partition coefficient (Wildman–Crippen LogP) is 3.84. The summed E-state index contributed by atoms with van der Waals surface area (Å²) in [6.07, 6.45) is 0. The van der Waals surface area contributed by atoms with Crippen molar-refractivity contribution < 1.29 is 4.42 Å². The average Bonchev–Trinajstić information content (AvgIpc) is 2.84. The number of thioether (sulfide) groups is 1. The van der Waals surface area contributed by atoms with Crippen molar-refractivity contribution in [3.63, 3.8) is 0 Å². The highest BCUT2D eigenvalue weighted by molar-refractivity contribution is 7.97. The zero-order chi connectivity index (χ0) is 13.1. The van der Waals surface area contributed by atoms with Crippen molar-refractivity contribution in [2.75, 3.05) is 5.73 Å². The van der Waals surface area contributed by atoms with Gasteiger partial charge in [-0.1, -0.05) is 36.4 Å². The first kappa shape index (κ1) is 12.1. The number of oxazole rings is 1. The summed E-state index contributed by atoms with van der Waals surface area (Å²) in [5, 5.41) is 0. The van der Waals surface area contributed by atoms with Gasteiger partial charge in [0, 0.05) is 5.75 Å². The molecule has 0 saturated heterocycles. The van der Waals surface area contributed by atoms with Crippen LogP contribution in [0.5, 0.6) is 0 Å². The fraction of sp³-hybridized carbons (Fsp3) is 0.133. The van der Waals surface area contributed by atoms with Crippen LogP contribution < -0.4 is 5.73 Å². The Morgan fingerprint density at radius 3 is 2.63 bits per heavy atom. The highest BCUT2D eigenvalue weighted by Gasteiger charge is 2.07. The molecule has 96 valence electrons. The SMILES string of the molecule is Nc1cccc2oc(CSCc3ccccc3)nc12. The van der Waals surface area contributed by atoms with Crippen molar-refractivity contribution in [1.29, 1.82) is 0 Å². The molecule has 0 aliphatic rings. The van der Waals surface area contributed by atoms with E-state index in [0.29, 0.717) is 5.69 Å². The molecule has 0 unspecified atom stereocenters. The van der Waals surface area contributed by atoms with Gasteiger partial charge in [0.05, 0.1) is 11.4 Å². The fourth-order valence-electron chi connectivity index (χ4n) is 1.91. The summed E-state index contributed by atoms with van der Waals surface area (Å²) in [6.45, 7) is 0. The number of rotatable bonds is 4. The van der Waals surface area contributed by atoms with E-state index in [0.717, 1.165) is 28.5 Å². The van der Waals surface area contributed by atoms with E-state index < -0.39 is 0 Å². The molecule has 3 aromatic rings. The highest BCUT2D eigenvalue weighted by Crippen LogP contribution is 2.24. The van der Waals surface area contributed by atoms with Crippen molar-refractivity contribution in [2.24, 2.45) is 0 Å². The molecule has 1 aromatic heterocycles. The molecule has 19 heavy (non-hydrogen) atoms. The topological polar surface area (TPSA) is 52.0 Å². The van der Waals surface area contributed by atoms with Gasteiger partial charge in [0.2, 0.25) is 5.89 Å². The molecule has 0 aliphatic heterocycles. The maximum Gasteiger partial charge on any atom is 0.205 e. The minimum atomic E-state index is 0.667. The van der Waals surface area contributed by atoms with E-state index in [4.69, 9.17) is 10.2 Å². The molecule has 0 bridgehead atoms. The van der Waals surface area contributed by atoms with Crippen LogP contribution in [0, 0.1) is 0 Å². The monoisotopic (exact) mass is 270 g/mol. The predicted molar refractivity (Wildman–Crippen MR) is 79.9 cm³/mol. The number of nitrogens with two attached hydrogens (primary N) is 1. The van der Waals surface area contributed by atoms with Gasteiger partial charge in [0.25, 0.3) is 0 Å². The number of aromatic nitrogens is 1. The first-order valence-electron chi connectivity index (χ1n) is 6.08. The minimum Gasteiger partial charge on any atom is -0.440 e. The summed E-state index contributed by atoms with van der Waals surface area (Å²) < 4.78 is 5.67. The zero-order valence-electron chi connectivity index (χ0n) is 10.4. The lowest BCUT2D eigenvalue weighted by molar-refractivity contribution is 0.556. The smallest absolute Gasteiger partial charge is 0.205 e. The Bertz CT molecular complexity index is 679.